The Bertz CT molecular complexity index is 458. The molecule has 16 heavy (non-hydrogen) atoms. The summed E-state index contributed by atoms with van der Waals surface area (Å²) in [6.45, 7) is 10.3. The summed E-state index contributed by atoms with van der Waals surface area (Å²) in [5, 5.41) is 10.4. The molecule has 0 spiro atoms. The van der Waals surface area contributed by atoms with Crippen LogP contribution >= 0.6 is 0 Å². The van der Waals surface area contributed by atoms with Crippen molar-refractivity contribution in [3.63, 3.8) is 0 Å². The fourth-order valence-corrected chi connectivity index (χ4v) is 2.28. The molecule has 1 unspecified atom stereocenters. The van der Waals surface area contributed by atoms with Gasteiger partial charge in [0.25, 0.3) is 0 Å². The molecule has 1 N–H and O–H groups in total. The molecule has 0 amide bonds. The van der Waals surface area contributed by atoms with Gasteiger partial charge in [0.1, 0.15) is 5.76 Å². The van der Waals surface area contributed by atoms with E-state index in [0.29, 0.717) is 5.76 Å². The van der Waals surface area contributed by atoms with Gasteiger partial charge in [-0.1, -0.05) is 39.0 Å². The Morgan fingerprint density at radius 3 is 2.44 bits per heavy atom. The van der Waals surface area contributed by atoms with Crippen LogP contribution in [-0.2, 0) is 0 Å². The first-order valence-electron chi connectivity index (χ1n) is 5.66. The second-order valence-electron chi connectivity index (χ2n) is 5.82. The highest BCUT2D eigenvalue weighted by Crippen LogP contribution is 2.46. The highest BCUT2D eigenvalue weighted by atomic mass is 16.3. The number of aliphatic hydroxyl groups is 1. The van der Waals surface area contributed by atoms with E-state index in [2.05, 4.69) is 25.8 Å². The van der Waals surface area contributed by atoms with Crippen molar-refractivity contribution in [3.05, 3.63) is 35.3 Å². The minimum absolute atomic E-state index is 0.119. The molecule has 2 heteroatoms. The number of allylic oxidation sites excluding steroid dienone is 5. The van der Waals surface area contributed by atoms with Crippen molar-refractivity contribution in [1.29, 1.82) is 0 Å². The first-order valence-corrected chi connectivity index (χ1v) is 5.66. The Kier molecular flexibility index (Phi) is 2.16. The lowest BCUT2D eigenvalue weighted by Crippen LogP contribution is -2.27. The molecule has 0 saturated carbocycles. The minimum atomic E-state index is -0.415. The smallest absolute Gasteiger partial charge is 0.130 e. The topological polar surface area (TPSA) is 32.6 Å². The van der Waals surface area contributed by atoms with Gasteiger partial charge in [0.05, 0.1) is 16.8 Å². The summed E-state index contributed by atoms with van der Waals surface area (Å²) >= 11 is 0. The number of hydrogen-bond donors (Lipinski definition) is 1. The molecule has 0 aromatic rings. The molecule has 86 valence electrons. The molecule has 1 aliphatic heterocycles. The van der Waals surface area contributed by atoms with Gasteiger partial charge in [0.2, 0.25) is 0 Å². The van der Waals surface area contributed by atoms with Crippen LogP contribution in [0, 0.1) is 10.8 Å². The highest BCUT2D eigenvalue weighted by molar-refractivity contribution is 6.10. The summed E-state index contributed by atoms with van der Waals surface area (Å²) in [5.41, 5.74) is 2.39. The van der Waals surface area contributed by atoms with E-state index in [0.717, 1.165) is 17.0 Å². The predicted octanol–water partition coefficient (Wildman–Crippen LogP) is 3.78. The van der Waals surface area contributed by atoms with Crippen LogP contribution in [0.4, 0.5) is 0 Å². The lowest BCUT2D eigenvalue weighted by molar-refractivity contribution is 0.318. The number of rotatable bonds is 0. The first-order chi connectivity index (χ1) is 7.27. The zero-order valence-electron chi connectivity index (χ0n) is 10.6. The number of hydrogen-bond acceptors (Lipinski definition) is 2. The third-order valence-electron chi connectivity index (χ3n) is 3.29. The number of nitrogens with zero attached hydrogens (tertiary/aromatic N) is 1. The van der Waals surface area contributed by atoms with E-state index in [9.17, 15) is 5.11 Å². The highest BCUT2D eigenvalue weighted by Gasteiger charge is 2.43. The van der Waals surface area contributed by atoms with Crippen molar-refractivity contribution in [2.75, 3.05) is 0 Å². The molecule has 0 aromatic carbocycles. The lowest BCUT2D eigenvalue weighted by atomic mass is 9.77. The quantitative estimate of drug-likeness (QED) is 0.658. The maximum absolute atomic E-state index is 10.4. The average molecular weight is 217 g/mol. The van der Waals surface area contributed by atoms with Crippen LogP contribution in [0.3, 0.4) is 0 Å². The molecule has 2 nitrogen and oxygen atoms in total. The van der Waals surface area contributed by atoms with Gasteiger partial charge in [-0.05, 0) is 19.4 Å². The summed E-state index contributed by atoms with van der Waals surface area (Å²) in [7, 11) is 0. The lowest BCUT2D eigenvalue weighted by Gasteiger charge is -2.26. The minimum Gasteiger partial charge on any atom is -0.509 e. The summed E-state index contributed by atoms with van der Waals surface area (Å²) in [6, 6.07) is 0. The van der Waals surface area contributed by atoms with E-state index >= 15 is 0 Å². The molecular formula is C14H19NO. The molecule has 0 radical (unpaired) electrons. The van der Waals surface area contributed by atoms with Gasteiger partial charge in [-0.3, -0.25) is 4.99 Å². The standard InChI is InChI=1S/C14H19NO/c1-9-7-6-8-14(5)10(9)15-11(12(14)16)13(2,3)4/h6-8,16H,1-5H3. The zero-order chi connectivity index (χ0) is 12.1. The Balaban J connectivity index is 2.61. The van der Waals surface area contributed by atoms with Crippen molar-refractivity contribution in [2.24, 2.45) is 15.8 Å². The van der Waals surface area contributed by atoms with E-state index in [1.165, 1.54) is 0 Å². The van der Waals surface area contributed by atoms with Gasteiger partial charge in [-0.2, -0.15) is 0 Å². The van der Waals surface area contributed by atoms with Gasteiger partial charge in [0, 0.05) is 5.41 Å². The van der Waals surface area contributed by atoms with E-state index in [-0.39, 0.29) is 5.41 Å². The SMILES string of the molecule is CC1=CC=CC2(C)C1=NC(C(C)(C)C)=C2O. The predicted molar refractivity (Wildman–Crippen MR) is 67.5 cm³/mol. The average Bonchev–Trinajstić information content (AvgIpc) is 2.40. The summed E-state index contributed by atoms with van der Waals surface area (Å²) < 4.78 is 0. The van der Waals surface area contributed by atoms with Crippen LogP contribution in [-0.4, -0.2) is 10.8 Å². The van der Waals surface area contributed by atoms with E-state index in [1.54, 1.807) is 0 Å². The van der Waals surface area contributed by atoms with Gasteiger partial charge in [-0.15, -0.1) is 0 Å². The normalized spacial score (nSPS) is 29.1. The Morgan fingerprint density at radius 1 is 1.31 bits per heavy atom. The fourth-order valence-electron chi connectivity index (χ4n) is 2.28. The molecule has 0 aromatic heterocycles. The zero-order valence-corrected chi connectivity index (χ0v) is 10.6. The fraction of sp³-hybridized carbons (Fsp3) is 0.500. The van der Waals surface area contributed by atoms with Crippen LogP contribution in [0.2, 0.25) is 0 Å². The molecule has 1 atom stereocenters. The molecule has 0 saturated heterocycles. The molecule has 0 bridgehead atoms. The van der Waals surface area contributed by atoms with Gasteiger partial charge >= 0.3 is 0 Å². The van der Waals surface area contributed by atoms with Crippen molar-refractivity contribution in [3.8, 4) is 0 Å². The Morgan fingerprint density at radius 2 is 1.94 bits per heavy atom. The molecule has 1 aliphatic carbocycles. The number of aliphatic imine (C=N–C) groups is 1. The molecule has 2 aliphatic rings. The first kappa shape index (κ1) is 11.2. The van der Waals surface area contributed by atoms with Crippen molar-refractivity contribution < 1.29 is 5.11 Å². The monoisotopic (exact) mass is 217 g/mol. The van der Waals surface area contributed by atoms with Crippen molar-refractivity contribution >= 4 is 5.71 Å². The van der Waals surface area contributed by atoms with Gasteiger partial charge in [0.15, 0.2) is 0 Å². The van der Waals surface area contributed by atoms with Crippen molar-refractivity contribution in [1.82, 2.24) is 0 Å². The third kappa shape index (κ3) is 1.36. The number of aliphatic hydroxyl groups excluding tert-OH is 1. The molecule has 0 fully saturated rings. The number of fused-ring (bicyclic) bond motifs is 1. The van der Waals surface area contributed by atoms with Gasteiger partial charge < -0.3 is 5.11 Å². The summed E-state index contributed by atoms with van der Waals surface area (Å²) in [4.78, 5) is 4.64. The second-order valence-corrected chi connectivity index (χ2v) is 5.82. The van der Waals surface area contributed by atoms with E-state index in [4.69, 9.17) is 0 Å². The summed E-state index contributed by atoms with van der Waals surface area (Å²) in [5.74, 6) is 0.402. The van der Waals surface area contributed by atoms with Crippen LogP contribution in [0.25, 0.3) is 0 Å². The van der Waals surface area contributed by atoms with E-state index in [1.807, 2.05) is 32.1 Å². The van der Waals surface area contributed by atoms with Crippen LogP contribution < -0.4 is 0 Å². The van der Waals surface area contributed by atoms with Crippen LogP contribution in [0.15, 0.2) is 40.2 Å². The molecular weight excluding hydrogens is 198 g/mol. The van der Waals surface area contributed by atoms with E-state index < -0.39 is 5.41 Å². The second kappa shape index (κ2) is 3.09. The van der Waals surface area contributed by atoms with Gasteiger partial charge in [-0.25, -0.2) is 0 Å². The third-order valence-corrected chi connectivity index (χ3v) is 3.29. The Labute approximate surface area is 97.1 Å². The summed E-state index contributed by atoms with van der Waals surface area (Å²) in [6.07, 6.45) is 6.06. The molecule has 1 heterocycles. The maximum atomic E-state index is 10.4. The largest absolute Gasteiger partial charge is 0.509 e. The van der Waals surface area contributed by atoms with Crippen LogP contribution in [0.5, 0.6) is 0 Å². The Hall–Kier alpha value is -1.31. The maximum Gasteiger partial charge on any atom is 0.130 e. The van der Waals surface area contributed by atoms with Crippen molar-refractivity contribution in [2.45, 2.75) is 34.6 Å². The van der Waals surface area contributed by atoms with Crippen LogP contribution in [0.1, 0.15) is 34.6 Å². The molecule has 2 rings (SSSR count).